The van der Waals surface area contributed by atoms with E-state index in [1.165, 1.54) is 31.5 Å². The molecule has 1 heterocycles. The number of anilines is 1. The van der Waals surface area contributed by atoms with Crippen LogP contribution < -0.4 is 15.4 Å². The summed E-state index contributed by atoms with van der Waals surface area (Å²) in [7, 11) is 1.53. The van der Waals surface area contributed by atoms with Gasteiger partial charge in [-0.05, 0) is 30.3 Å². The van der Waals surface area contributed by atoms with Crippen LogP contribution in [0.1, 0.15) is 26.4 Å². The quantitative estimate of drug-likeness (QED) is 0.667. The molecule has 2 aromatic carbocycles. The zero-order valence-corrected chi connectivity index (χ0v) is 15.4. The van der Waals surface area contributed by atoms with Gasteiger partial charge >= 0.3 is 0 Å². The number of pyridine rings is 1. The lowest BCUT2D eigenvalue weighted by molar-refractivity contribution is 0.0945. The molecule has 0 saturated heterocycles. The topological polar surface area (TPSA) is 80.3 Å². The lowest BCUT2D eigenvalue weighted by atomic mass is 10.1. The highest BCUT2D eigenvalue weighted by molar-refractivity contribution is 6.05. The second-order valence-corrected chi connectivity index (χ2v) is 5.98. The van der Waals surface area contributed by atoms with Gasteiger partial charge < -0.3 is 15.4 Å². The van der Waals surface area contributed by atoms with Crippen LogP contribution in [0, 0.1) is 11.6 Å². The van der Waals surface area contributed by atoms with Crippen molar-refractivity contribution < 1.29 is 23.1 Å². The average molecular weight is 397 g/mol. The zero-order chi connectivity index (χ0) is 20.8. The van der Waals surface area contributed by atoms with E-state index >= 15 is 0 Å². The Labute approximate surface area is 165 Å². The summed E-state index contributed by atoms with van der Waals surface area (Å²) in [6, 6.07) is 13.0. The second kappa shape index (κ2) is 8.92. The molecule has 0 fully saturated rings. The Morgan fingerprint density at radius 2 is 1.72 bits per heavy atom. The Hall–Kier alpha value is -3.81. The van der Waals surface area contributed by atoms with Crippen LogP contribution in [0.2, 0.25) is 0 Å². The zero-order valence-electron chi connectivity index (χ0n) is 15.4. The number of nitrogens with one attached hydrogen (secondary N) is 2. The molecule has 8 heteroatoms. The van der Waals surface area contributed by atoms with Gasteiger partial charge in [-0.1, -0.05) is 24.3 Å². The van der Waals surface area contributed by atoms with Gasteiger partial charge in [-0.2, -0.15) is 0 Å². The third-order valence-corrected chi connectivity index (χ3v) is 4.09. The minimum Gasteiger partial charge on any atom is -0.496 e. The van der Waals surface area contributed by atoms with Crippen molar-refractivity contribution in [3.8, 4) is 5.75 Å². The second-order valence-electron chi connectivity index (χ2n) is 5.98. The molecule has 6 nitrogen and oxygen atoms in total. The molecule has 3 aromatic rings. The number of ether oxygens (including phenoxy) is 1. The molecule has 0 saturated carbocycles. The highest BCUT2D eigenvalue weighted by atomic mass is 19.1. The number of hydrogen-bond acceptors (Lipinski definition) is 4. The fraction of sp³-hybridized carbons (Fsp3) is 0.0952. The molecule has 1 aromatic heterocycles. The molecule has 0 spiro atoms. The highest BCUT2D eigenvalue weighted by Gasteiger charge is 2.16. The molecule has 2 N–H and O–H groups in total. The number of carbonyl (C=O) groups is 2. The van der Waals surface area contributed by atoms with E-state index in [1.54, 1.807) is 12.1 Å². The van der Waals surface area contributed by atoms with Crippen molar-refractivity contribution in [1.29, 1.82) is 0 Å². The highest BCUT2D eigenvalue weighted by Crippen LogP contribution is 2.19. The third-order valence-electron chi connectivity index (χ3n) is 4.09. The number of amides is 2. The van der Waals surface area contributed by atoms with Crippen molar-refractivity contribution in [2.24, 2.45) is 0 Å². The molecule has 0 bridgehead atoms. The van der Waals surface area contributed by atoms with E-state index in [2.05, 4.69) is 15.6 Å². The van der Waals surface area contributed by atoms with Crippen molar-refractivity contribution in [3.05, 3.63) is 89.2 Å². The van der Waals surface area contributed by atoms with E-state index < -0.39 is 29.1 Å². The summed E-state index contributed by atoms with van der Waals surface area (Å²) in [6.45, 7) is 0.196. The fourth-order valence-corrected chi connectivity index (χ4v) is 2.61. The molecule has 3 rings (SSSR count). The molecule has 0 aliphatic carbocycles. The summed E-state index contributed by atoms with van der Waals surface area (Å²) < 4.78 is 32.7. The summed E-state index contributed by atoms with van der Waals surface area (Å²) in [4.78, 5) is 28.7. The molecule has 0 unspecified atom stereocenters. The Morgan fingerprint density at radius 3 is 2.45 bits per heavy atom. The van der Waals surface area contributed by atoms with Gasteiger partial charge in [0.2, 0.25) is 0 Å². The Bertz CT molecular complexity index is 1040. The predicted molar refractivity (Wildman–Crippen MR) is 103 cm³/mol. The van der Waals surface area contributed by atoms with Crippen LogP contribution in [0.3, 0.4) is 0 Å². The first-order chi connectivity index (χ1) is 14.0. The number of rotatable bonds is 6. The van der Waals surface area contributed by atoms with Crippen LogP contribution >= 0.6 is 0 Å². The maximum absolute atomic E-state index is 13.7. The predicted octanol–water partition coefficient (Wildman–Crippen LogP) is 3.55. The number of nitrogens with zero attached hydrogens (tertiary/aromatic N) is 1. The van der Waals surface area contributed by atoms with Gasteiger partial charge in [0.15, 0.2) is 0 Å². The molecule has 0 aliphatic heterocycles. The minimum absolute atomic E-state index is 0.0125. The summed E-state index contributed by atoms with van der Waals surface area (Å²) in [5.41, 5.74) is 0.232. The van der Waals surface area contributed by atoms with Crippen molar-refractivity contribution in [3.63, 3.8) is 0 Å². The van der Waals surface area contributed by atoms with E-state index in [0.717, 1.165) is 17.7 Å². The van der Waals surface area contributed by atoms with Crippen molar-refractivity contribution >= 4 is 17.5 Å². The summed E-state index contributed by atoms with van der Waals surface area (Å²) >= 11 is 0. The van der Waals surface area contributed by atoms with Crippen LogP contribution in [-0.2, 0) is 6.54 Å². The smallest absolute Gasteiger partial charge is 0.270 e. The number of aromatic nitrogens is 1. The fourth-order valence-electron chi connectivity index (χ4n) is 2.61. The van der Waals surface area contributed by atoms with Gasteiger partial charge in [0.05, 0.1) is 7.11 Å². The van der Waals surface area contributed by atoms with Crippen LogP contribution in [0.5, 0.6) is 5.75 Å². The molecule has 29 heavy (non-hydrogen) atoms. The van der Waals surface area contributed by atoms with Gasteiger partial charge in [-0.25, -0.2) is 8.78 Å². The number of halogens is 2. The lowest BCUT2D eigenvalue weighted by Gasteiger charge is -2.10. The SMILES string of the molecule is COc1ccccc1CNC(=O)c1cc(C(=O)Nc2c(F)cccc2F)ccn1. The van der Waals surface area contributed by atoms with E-state index in [4.69, 9.17) is 4.74 Å². The Balaban J connectivity index is 1.71. The Morgan fingerprint density at radius 1 is 1.00 bits per heavy atom. The number of carbonyl (C=O) groups excluding carboxylic acids is 2. The largest absolute Gasteiger partial charge is 0.496 e. The van der Waals surface area contributed by atoms with Crippen LogP contribution in [0.25, 0.3) is 0 Å². The van der Waals surface area contributed by atoms with E-state index in [1.807, 2.05) is 12.1 Å². The Kier molecular flexibility index (Phi) is 6.13. The minimum atomic E-state index is -0.901. The standard InChI is InChI=1S/C21H17F2N3O3/c1-29-18-8-3-2-5-14(18)12-25-21(28)17-11-13(9-10-24-17)20(27)26-19-15(22)6-4-7-16(19)23/h2-11H,12H2,1H3,(H,25,28)(H,26,27). The van der Waals surface area contributed by atoms with E-state index in [0.29, 0.717) is 5.75 Å². The van der Waals surface area contributed by atoms with Crippen molar-refractivity contribution in [1.82, 2.24) is 10.3 Å². The van der Waals surface area contributed by atoms with E-state index in [9.17, 15) is 18.4 Å². The number of para-hydroxylation sites is 2. The molecule has 0 aliphatic rings. The van der Waals surface area contributed by atoms with E-state index in [-0.39, 0.29) is 17.8 Å². The van der Waals surface area contributed by atoms with Crippen LogP contribution in [0.15, 0.2) is 60.8 Å². The summed E-state index contributed by atoms with van der Waals surface area (Å²) in [5.74, 6) is -2.46. The third kappa shape index (κ3) is 4.73. The number of hydrogen-bond donors (Lipinski definition) is 2. The summed E-state index contributed by atoms with van der Waals surface area (Å²) in [6.07, 6.45) is 1.27. The lowest BCUT2D eigenvalue weighted by Crippen LogP contribution is -2.24. The molecule has 2 amide bonds. The first-order valence-corrected chi connectivity index (χ1v) is 8.61. The van der Waals surface area contributed by atoms with Gasteiger partial charge in [0.1, 0.15) is 28.8 Å². The number of benzene rings is 2. The van der Waals surface area contributed by atoms with Gasteiger partial charge in [-0.15, -0.1) is 0 Å². The van der Waals surface area contributed by atoms with Gasteiger partial charge in [0.25, 0.3) is 11.8 Å². The average Bonchev–Trinajstić information content (AvgIpc) is 2.74. The normalized spacial score (nSPS) is 10.3. The summed E-state index contributed by atoms with van der Waals surface area (Å²) in [5, 5.41) is 4.86. The maximum Gasteiger partial charge on any atom is 0.270 e. The molecule has 148 valence electrons. The maximum atomic E-state index is 13.7. The van der Waals surface area contributed by atoms with Crippen LogP contribution in [0.4, 0.5) is 14.5 Å². The van der Waals surface area contributed by atoms with Gasteiger partial charge in [0, 0.05) is 23.9 Å². The van der Waals surface area contributed by atoms with Crippen molar-refractivity contribution in [2.75, 3.05) is 12.4 Å². The molecule has 0 atom stereocenters. The first-order valence-electron chi connectivity index (χ1n) is 8.61. The first kappa shape index (κ1) is 19.9. The molecular weight excluding hydrogens is 380 g/mol. The van der Waals surface area contributed by atoms with Crippen LogP contribution in [-0.4, -0.2) is 23.9 Å². The van der Waals surface area contributed by atoms with Gasteiger partial charge in [-0.3, -0.25) is 14.6 Å². The monoisotopic (exact) mass is 397 g/mol. The van der Waals surface area contributed by atoms with Crippen molar-refractivity contribution in [2.45, 2.75) is 6.54 Å². The molecular formula is C21H17F2N3O3. The molecule has 0 radical (unpaired) electrons. The number of methoxy groups -OCH3 is 1.